The van der Waals surface area contributed by atoms with E-state index in [0.29, 0.717) is 0 Å². The van der Waals surface area contributed by atoms with Crippen LogP contribution in [0.1, 0.15) is 26.0 Å². The molecule has 1 rings (SSSR count). The van der Waals surface area contributed by atoms with Crippen molar-refractivity contribution in [2.24, 2.45) is 7.05 Å². The molecule has 0 aliphatic rings. The SMILES string of the molecule is CCCC(O)n1cc[n+](C)c1.[Cl-]. The van der Waals surface area contributed by atoms with E-state index in [9.17, 15) is 5.11 Å². The molecule has 3 nitrogen and oxygen atoms in total. The zero-order valence-electron chi connectivity index (χ0n) is 7.44. The van der Waals surface area contributed by atoms with Crippen LogP contribution in [-0.4, -0.2) is 9.67 Å². The summed E-state index contributed by atoms with van der Waals surface area (Å²) >= 11 is 0. The van der Waals surface area contributed by atoms with Gasteiger partial charge in [-0.05, 0) is 6.42 Å². The molecule has 0 aromatic carbocycles. The normalized spacial score (nSPS) is 12.2. The highest BCUT2D eigenvalue weighted by Crippen LogP contribution is 2.07. The fraction of sp³-hybridized carbons (Fsp3) is 0.625. The average Bonchev–Trinajstić information content (AvgIpc) is 2.36. The Hall–Kier alpha value is -0.540. The number of rotatable bonds is 3. The molecule has 0 aliphatic carbocycles. The first-order chi connectivity index (χ1) is 5.24. The Labute approximate surface area is 79.1 Å². The summed E-state index contributed by atoms with van der Waals surface area (Å²) in [5, 5.41) is 9.48. The van der Waals surface area contributed by atoms with Gasteiger partial charge in [0, 0.05) is 6.42 Å². The summed E-state index contributed by atoms with van der Waals surface area (Å²) in [7, 11) is 1.94. The molecule has 0 saturated carbocycles. The number of aliphatic hydroxyl groups excluding tert-OH is 1. The number of aliphatic hydroxyl groups is 1. The van der Waals surface area contributed by atoms with Gasteiger partial charge in [-0.3, -0.25) is 0 Å². The predicted molar refractivity (Wildman–Crippen MR) is 41.8 cm³/mol. The molecular weight excluding hydrogens is 176 g/mol. The highest BCUT2D eigenvalue weighted by molar-refractivity contribution is 4.68. The molecular formula is C8H15ClN2O. The maximum absolute atomic E-state index is 9.48. The van der Waals surface area contributed by atoms with Gasteiger partial charge < -0.3 is 17.5 Å². The van der Waals surface area contributed by atoms with E-state index >= 15 is 0 Å². The summed E-state index contributed by atoms with van der Waals surface area (Å²) in [5.74, 6) is 0. The number of imidazole rings is 1. The molecule has 12 heavy (non-hydrogen) atoms. The van der Waals surface area contributed by atoms with Crippen molar-refractivity contribution in [3.63, 3.8) is 0 Å². The largest absolute Gasteiger partial charge is 1.00 e. The van der Waals surface area contributed by atoms with E-state index in [4.69, 9.17) is 0 Å². The first-order valence-electron chi connectivity index (χ1n) is 3.95. The number of hydrogen-bond donors (Lipinski definition) is 1. The Morgan fingerprint density at radius 1 is 1.58 bits per heavy atom. The van der Waals surface area contributed by atoms with Crippen LogP contribution < -0.4 is 17.0 Å². The van der Waals surface area contributed by atoms with Crippen LogP contribution in [0.5, 0.6) is 0 Å². The van der Waals surface area contributed by atoms with Gasteiger partial charge in [-0.1, -0.05) is 6.92 Å². The van der Waals surface area contributed by atoms with Crippen LogP contribution in [0.4, 0.5) is 0 Å². The molecule has 70 valence electrons. The van der Waals surface area contributed by atoms with E-state index in [0.717, 1.165) is 12.8 Å². The first-order valence-corrected chi connectivity index (χ1v) is 3.95. The minimum Gasteiger partial charge on any atom is -1.00 e. The molecule has 0 radical (unpaired) electrons. The van der Waals surface area contributed by atoms with E-state index in [-0.39, 0.29) is 18.6 Å². The molecule has 0 aliphatic heterocycles. The third kappa shape index (κ3) is 2.83. The Balaban J connectivity index is 0.00000121. The summed E-state index contributed by atoms with van der Waals surface area (Å²) in [6.07, 6.45) is 7.12. The Morgan fingerprint density at radius 2 is 2.25 bits per heavy atom. The van der Waals surface area contributed by atoms with Crippen molar-refractivity contribution in [1.82, 2.24) is 4.57 Å². The topological polar surface area (TPSA) is 29.0 Å². The van der Waals surface area contributed by atoms with Crippen LogP contribution >= 0.6 is 0 Å². The Kier molecular flexibility index (Phi) is 4.93. The third-order valence-electron chi connectivity index (χ3n) is 1.68. The van der Waals surface area contributed by atoms with Crippen LogP contribution in [0.15, 0.2) is 18.7 Å². The van der Waals surface area contributed by atoms with E-state index in [1.165, 1.54) is 0 Å². The number of nitrogens with zero attached hydrogens (tertiary/aromatic N) is 2. The molecule has 1 aromatic rings. The van der Waals surface area contributed by atoms with Crippen molar-refractivity contribution < 1.29 is 22.1 Å². The van der Waals surface area contributed by atoms with Crippen molar-refractivity contribution in [2.75, 3.05) is 0 Å². The van der Waals surface area contributed by atoms with Gasteiger partial charge in [0.2, 0.25) is 6.33 Å². The molecule has 1 unspecified atom stereocenters. The number of aromatic nitrogens is 2. The maximum Gasteiger partial charge on any atom is 0.245 e. The monoisotopic (exact) mass is 190 g/mol. The number of hydrogen-bond acceptors (Lipinski definition) is 1. The minimum absolute atomic E-state index is 0. The van der Waals surface area contributed by atoms with Gasteiger partial charge >= 0.3 is 0 Å². The minimum atomic E-state index is -0.360. The van der Waals surface area contributed by atoms with E-state index < -0.39 is 0 Å². The highest BCUT2D eigenvalue weighted by atomic mass is 35.5. The van der Waals surface area contributed by atoms with Crippen LogP contribution in [0.25, 0.3) is 0 Å². The van der Waals surface area contributed by atoms with Crippen LogP contribution in [-0.2, 0) is 7.05 Å². The molecule has 1 aromatic heterocycles. The second kappa shape index (κ2) is 5.17. The summed E-state index contributed by atoms with van der Waals surface area (Å²) in [5.41, 5.74) is 0. The van der Waals surface area contributed by atoms with Crippen molar-refractivity contribution in [2.45, 2.75) is 26.0 Å². The molecule has 1 heterocycles. The summed E-state index contributed by atoms with van der Waals surface area (Å²) < 4.78 is 3.72. The summed E-state index contributed by atoms with van der Waals surface area (Å²) in [6.45, 7) is 2.06. The molecule has 0 bridgehead atoms. The number of halogens is 1. The van der Waals surface area contributed by atoms with Crippen molar-refractivity contribution >= 4 is 0 Å². The van der Waals surface area contributed by atoms with E-state index in [1.54, 1.807) is 0 Å². The van der Waals surface area contributed by atoms with Crippen LogP contribution in [0.3, 0.4) is 0 Å². The lowest BCUT2D eigenvalue weighted by Crippen LogP contribution is -3.00. The van der Waals surface area contributed by atoms with Gasteiger partial charge in [-0.2, -0.15) is 0 Å². The zero-order chi connectivity index (χ0) is 8.27. The second-order valence-electron chi connectivity index (χ2n) is 2.80. The van der Waals surface area contributed by atoms with Crippen LogP contribution in [0, 0.1) is 0 Å². The lowest BCUT2D eigenvalue weighted by molar-refractivity contribution is -0.671. The highest BCUT2D eigenvalue weighted by Gasteiger charge is 2.09. The van der Waals surface area contributed by atoms with E-state index in [2.05, 4.69) is 6.92 Å². The van der Waals surface area contributed by atoms with Gasteiger partial charge in [0.1, 0.15) is 12.4 Å². The molecule has 1 N–H and O–H groups in total. The van der Waals surface area contributed by atoms with Gasteiger partial charge in [0.25, 0.3) is 0 Å². The Morgan fingerprint density at radius 3 is 2.67 bits per heavy atom. The number of aryl methyl sites for hydroxylation is 1. The first kappa shape index (κ1) is 11.5. The van der Waals surface area contributed by atoms with Crippen molar-refractivity contribution in [1.29, 1.82) is 0 Å². The van der Waals surface area contributed by atoms with Gasteiger partial charge in [-0.15, -0.1) is 0 Å². The lowest BCUT2D eigenvalue weighted by Gasteiger charge is -2.02. The Bertz CT molecular complexity index is 225. The maximum atomic E-state index is 9.48. The molecule has 1 atom stereocenters. The van der Waals surface area contributed by atoms with Gasteiger partial charge in [0.05, 0.1) is 7.05 Å². The second-order valence-corrected chi connectivity index (χ2v) is 2.80. The van der Waals surface area contributed by atoms with Gasteiger partial charge in [-0.25, -0.2) is 9.13 Å². The average molecular weight is 191 g/mol. The zero-order valence-corrected chi connectivity index (χ0v) is 8.20. The van der Waals surface area contributed by atoms with Crippen molar-refractivity contribution in [3.05, 3.63) is 18.7 Å². The summed E-state index contributed by atoms with van der Waals surface area (Å²) in [4.78, 5) is 0. The van der Waals surface area contributed by atoms with Crippen molar-refractivity contribution in [3.8, 4) is 0 Å². The molecule has 0 fully saturated rings. The molecule has 0 spiro atoms. The predicted octanol–water partition coefficient (Wildman–Crippen LogP) is -2.39. The molecule has 4 heteroatoms. The lowest BCUT2D eigenvalue weighted by atomic mass is 10.3. The molecule has 0 saturated heterocycles. The summed E-state index contributed by atoms with van der Waals surface area (Å²) in [6, 6.07) is 0. The standard InChI is InChI=1S/C8H15N2O.ClH/c1-3-4-8(11)10-6-5-9(2)7-10;/h5-8,11H,3-4H2,1-2H3;1H/q+1;/p-1. The smallest absolute Gasteiger partial charge is 0.245 e. The third-order valence-corrected chi connectivity index (χ3v) is 1.68. The molecule has 0 amide bonds. The fourth-order valence-corrected chi connectivity index (χ4v) is 1.05. The fourth-order valence-electron chi connectivity index (χ4n) is 1.05. The van der Waals surface area contributed by atoms with Gasteiger partial charge in [0.15, 0.2) is 6.23 Å². The quantitative estimate of drug-likeness (QED) is 0.530. The van der Waals surface area contributed by atoms with E-state index in [1.807, 2.05) is 34.9 Å². The van der Waals surface area contributed by atoms with Crippen LogP contribution in [0.2, 0.25) is 0 Å².